The second-order valence-electron chi connectivity index (χ2n) is 7.28. The number of ether oxygens (including phenoxy) is 1. The Labute approximate surface area is 158 Å². The van der Waals surface area contributed by atoms with Crippen LogP contribution in [0.1, 0.15) is 43.7 Å². The Balaban J connectivity index is 1.69. The van der Waals surface area contributed by atoms with Crippen LogP contribution in [-0.4, -0.2) is 62.1 Å². The number of aryl methyl sites for hydroxylation is 1. The van der Waals surface area contributed by atoms with E-state index in [9.17, 15) is 4.79 Å². The van der Waals surface area contributed by atoms with E-state index in [1.165, 1.54) is 30.4 Å². The highest BCUT2D eigenvalue weighted by molar-refractivity contribution is 5.77. The lowest BCUT2D eigenvalue weighted by atomic mass is 10.1. The molecule has 1 aromatic rings. The average molecular weight is 362 g/mol. The van der Waals surface area contributed by atoms with Crippen molar-refractivity contribution in [1.82, 2.24) is 15.1 Å². The summed E-state index contributed by atoms with van der Waals surface area (Å²) in [5, 5.41) is 3.05. The van der Waals surface area contributed by atoms with Gasteiger partial charge in [0, 0.05) is 44.8 Å². The van der Waals surface area contributed by atoms with E-state index in [-0.39, 0.29) is 5.91 Å². The van der Waals surface area contributed by atoms with E-state index in [0.29, 0.717) is 6.54 Å². The van der Waals surface area contributed by atoms with E-state index >= 15 is 0 Å². The summed E-state index contributed by atoms with van der Waals surface area (Å²) in [6.07, 6.45) is 4.78. The van der Waals surface area contributed by atoms with E-state index in [2.05, 4.69) is 41.1 Å². The molecule has 1 aliphatic rings. The first kappa shape index (κ1) is 20.7. The van der Waals surface area contributed by atoms with Crippen molar-refractivity contribution in [3.05, 3.63) is 29.3 Å². The fourth-order valence-corrected chi connectivity index (χ4v) is 3.42. The summed E-state index contributed by atoms with van der Waals surface area (Å²) in [5.74, 6) is 1.12. The largest absolute Gasteiger partial charge is 0.496 e. The van der Waals surface area contributed by atoms with Crippen LogP contribution >= 0.6 is 0 Å². The Morgan fingerprint density at radius 1 is 1.12 bits per heavy atom. The number of hydrogen-bond acceptors (Lipinski definition) is 4. The third-order valence-electron chi connectivity index (χ3n) is 5.01. The maximum atomic E-state index is 12.1. The van der Waals surface area contributed by atoms with Gasteiger partial charge in [-0.15, -0.1) is 0 Å². The quantitative estimate of drug-likeness (QED) is 0.651. The van der Waals surface area contributed by atoms with Gasteiger partial charge < -0.3 is 10.1 Å². The van der Waals surface area contributed by atoms with Gasteiger partial charge in [-0.05, 0) is 19.4 Å². The van der Waals surface area contributed by atoms with Gasteiger partial charge in [0.25, 0.3) is 0 Å². The Hall–Kier alpha value is -1.59. The lowest BCUT2D eigenvalue weighted by Crippen LogP contribution is -2.49. The molecule has 26 heavy (non-hydrogen) atoms. The van der Waals surface area contributed by atoms with Crippen LogP contribution in [-0.2, 0) is 11.3 Å². The number of carbonyl (C=O) groups is 1. The van der Waals surface area contributed by atoms with Gasteiger partial charge >= 0.3 is 0 Å². The molecule has 0 radical (unpaired) electrons. The first-order valence-electron chi connectivity index (χ1n) is 9.97. The van der Waals surface area contributed by atoms with Crippen molar-refractivity contribution in [3.8, 4) is 5.75 Å². The molecular formula is C21H35N3O2. The van der Waals surface area contributed by atoms with Crippen LogP contribution < -0.4 is 10.1 Å². The minimum absolute atomic E-state index is 0.162. The van der Waals surface area contributed by atoms with Gasteiger partial charge in [-0.25, -0.2) is 0 Å². The Morgan fingerprint density at radius 2 is 1.85 bits per heavy atom. The first-order chi connectivity index (χ1) is 12.6. The van der Waals surface area contributed by atoms with Gasteiger partial charge in [-0.3, -0.25) is 14.6 Å². The van der Waals surface area contributed by atoms with Crippen LogP contribution in [0.2, 0.25) is 0 Å². The van der Waals surface area contributed by atoms with Gasteiger partial charge in [0.05, 0.1) is 13.7 Å². The van der Waals surface area contributed by atoms with Crippen molar-refractivity contribution < 1.29 is 9.53 Å². The van der Waals surface area contributed by atoms with Crippen molar-refractivity contribution in [2.45, 2.75) is 46.1 Å². The Bertz CT molecular complexity index is 554. The Morgan fingerprint density at radius 3 is 2.54 bits per heavy atom. The molecule has 2 rings (SSSR count). The zero-order valence-corrected chi connectivity index (χ0v) is 16.7. The molecule has 1 saturated heterocycles. The van der Waals surface area contributed by atoms with E-state index < -0.39 is 0 Å². The predicted octanol–water partition coefficient (Wildman–Crippen LogP) is 2.82. The number of methoxy groups -OCH3 is 1. The van der Waals surface area contributed by atoms with Crippen molar-refractivity contribution >= 4 is 5.91 Å². The number of benzene rings is 1. The molecule has 0 aliphatic carbocycles. The van der Waals surface area contributed by atoms with E-state index in [4.69, 9.17) is 4.74 Å². The first-order valence-corrected chi connectivity index (χ1v) is 9.97. The molecule has 0 saturated carbocycles. The maximum absolute atomic E-state index is 12.1. The van der Waals surface area contributed by atoms with Crippen molar-refractivity contribution in [2.75, 3.05) is 46.4 Å². The highest BCUT2D eigenvalue weighted by atomic mass is 16.5. The molecule has 1 fully saturated rings. The van der Waals surface area contributed by atoms with Crippen LogP contribution in [0.25, 0.3) is 0 Å². The highest BCUT2D eigenvalue weighted by Gasteiger charge is 2.19. The number of carbonyl (C=O) groups excluding carboxylic acids is 1. The summed E-state index contributed by atoms with van der Waals surface area (Å²) in [7, 11) is 1.73. The van der Waals surface area contributed by atoms with Crippen LogP contribution in [0.15, 0.2) is 18.2 Å². The molecule has 5 nitrogen and oxygen atoms in total. The van der Waals surface area contributed by atoms with E-state index in [0.717, 1.165) is 51.4 Å². The standard InChI is InChI=1S/C21H35N3O2/c1-4-5-6-7-10-22-21(25)17-24-13-11-23(12-14-24)16-19-15-18(2)8-9-20(19)26-3/h8-9,15H,4-7,10-14,16-17H2,1-3H3,(H,22,25). The number of nitrogens with one attached hydrogen (secondary N) is 1. The number of piperazine rings is 1. The van der Waals surface area contributed by atoms with Crippen LogP contribution in [0.5, 0.6) is 5.75 Å². The molecule has 1 N–H and O–H groups in total. The van der Waals surface area contributed by atoms with E-state index in [1.807, 2.05) is 6.07 Å². The molecule has 0 aromatic heterocycles. The summed E-state index contributed by atoms with van der Waals surface area (Å²) in [4.78, 5) is 16.8. The predicted molar refractivity (Wildman–Crippen MR) is 107 cm³/mol. The normalized spacial score (nSPS) is 15.8. The fraction of sp³-hybridized carbons (Fsp3) is 0.667. The van der Waals surface area contributed by atoms with Gasteiger partial charge in [0.1, 0.15) is 5.75 Å². The second kappa shape index (κ2) is 11.2. The van der Waals surface area contributed by atoms with Gasteiger partial charge in [0.2, 0.25) is 5.91 Å². The average Bonchev–Trinajstić information content (AvgIpc) is 2.63. The topological polar surface area (TPSA) is 44.8 Å². The minimum atomic E-state index is 0.162. The number of nitrogens with zero attached hydrogens (tertiary/aromatic N) is 2. The number of hydrogen-bond donors (Lipinski definition) is 1. The Kier molecular flexibility index (Phi) is 8.92. The smallest absolute Gasteiger partial charge is 0.234 e. The summed E-state index contributed by atoms with van der Waals surface area (Å²) in [5.41, 5.74) is 2.50. The molecular weight excluding hydrogens is 326 g/mol. The summed E-state index contributed by atoms with van der Waals surface area (Å²) in [6, 6.07) is 6.34. The lowest BCUT2D eigenvalue weighted by molar-refractivity contribution is -0.122. The summed E-state index contributed by atoms with van der Waals surface area (Å²) < 4.78 is 5.49. The molecule has 0 bridgehead atoms. The summed E-state index contributed by atoms with van der Waals surface area (Å²) >= 11 is 0. The van der Waals surface area contributed by atoms with Gasteiger partial charge in [-0.2, -0.15) is 0 Å². The number of amides is 1. The van der Waals surface area contributed by atoms with Gasteiger partial charge in [-0.1, -0.05) is 43.9 Å². The molecule has 0 unspecified atom stereocenters. The van der Waals surface area contributed by atoms with E-state index in [1.54, 1.807) is 7.11 Å². The SMILES string of the molecule is CCCCCCNC(=O)CN1CCN(Cc2cc(C)ccc2OC)CC1. The van der Waals surface area contributed by atoms with Gasteiger partial charge in [0.15, 0.2) is 0 Å². The van der Waals surface area contributed by atoms with Crippen LogP contribution in [0, 0.1) is 6.92 Å². The third-order valence-corrected chi connectivity index (χ3v) is 5.01. The molecule has 146 valence electrons. The lowest BCUT2D eigenvalue weighted by Gasteiger charge is -2.34. The molecule has 1 heterocycles. The van der Waals surface area contributed by atoms with Crippen molar-refractivity contribution in [3.63, 3.8) is 0 Å². The molecule has 1 aromatic carbocycles. The molecule has 0 atom stereocenters. The minimum Gasteiger partial charge on any atom is -0.496 e. The maximum Gasteiger partial charge on any atom is 0.234 e. The number of rotatable bonds is 10. The molecule has 1 aliphatic heterocycles. The highest BCUT2D eigenvalue weighted by Crippen LogP contribution is 2.21. The van der Waals surface area contributed by atoms with Crippen LogP contribution in [0.4, 0.5) is 0 Å². The van der Waals surface area contributed by atoms with Crippen molar-refractivity contribution in [2.24, 2.45) is 0 Å². The second-order valence-corrected chi connectivity index (χ2v) is 7.28. The van der Waals surface area contributed by atoms with Crippen LogP contribution in [0.3, 0.4) is 0 Å². The summed E-state index contributed by atoms with van der Waals surface area (Å²) in [6.45, 7) is 10.4. The monoisotopic (exact) mass is 361 g/mol. The molecule has 5 heteroatoms. The zero-order valence-electron chi connectivity index (χ0n) is 16.7. The fourth-order valence-electron chi connectivity index (χ4n) is 3.42. The van der Waals surface area contributed by atoms with Crippen molar-refractivity contribution in [1.29, 1.82) is 0 Å². The molecule has 1 amide bonds. The zero-order chi connectivity index (χ0) is 18.8. The molecule has 0 spiro atoms. The number of unbranched alkanes of at least 4 members (excludes halogenated alkanes) is 3. The third kappa shape index (κ3) is 6.96.